The van der Waals surface area contributed by atoms with E-state index in [0.29, 0.717) is 35.6 Å². The van der Waals surface area contributed by atoms with Gasteiger partial charge >= 0.3 is 0 Å². The van der Waals surface area contributed by atoms with Gasteiger partial charge in [-0.15, -0.1) is 6.58 Å². The van der Waals surface area contributed by atoms with Gasteiger partial charge < -0.3 is 10.1 Å². The number of hydrogen-bond donors (Lipinski definition) is 1. The van der Waals surface area contributed by atoms with Gasteiger partial charge in [-0.2, -0.15) is 0 Å². The highest BCUT2D eigenvalue weighted by Gasteiger charge is 2.01. The van der Waals surface area contributed by atoms with Gasteiger partial charge in [0.05, 0.1) is 23.3 Å². The van der Waals surface area contributed by atoms with Gasteiger partial charge in [0.1, 0.15) is 5.82 Å². The van der Waals surface area contributed by atoms with Crippen LogP contribution >= 0.6 is 23.2 Å². The van der Waals surface area contributed by atoms with Gasteiger partial charge in [0.2, 0.25) is 0 Å². The Morgan fingerprint density at radius 2 is 2.25 bits per heavy atom. The van der Waals surface area contributed by atoms with Crippen molar-refractivity contribution in [1.82, 2.24) is 4.98 Å². The summed E-state index contributed by atoms with van der Waals surface area (Å²) in [6, 6.07) is 1.65. The lowest BCUT2D eigenvalue weighted by molar-refractivity contribution is 0.149. The molecule has 0 bridgehead atoms. The molecule has 0 atom stereocenters. The van der Waals surface area contributed by atoms with E-state index in [-0.39, 0.29) is 0 Å². The van der Waals surface area contributed by atoms with Gasteiger partial charge in [-0.3, -0.25) is 0 Å². The van der Waals surface area contributed by atoms with E-state index in [1.54, 1.807) is 12.3 Å². The first kappa shape index (κ1) is 13.3. The number of rotatable bonds is 7. The molecule has 0 fully saturated rings. The highest BCUT2D eigenvalue weighted by Crippen LogP contribution is 2.21. The maximum absolute atomic E-state index is 5.93. The second-order valence-corrected chi connectivity index (χ2v) is 3.94. The number of pyridine rings is 1. The third-order valence-corrected chi connectivity index (χ3v) is 2.31. The molecule has 0 saturated carbocycles. The van der Waals surface area contributed by atoms with Crippen LogP contribution in [0.1, 0.15) is 6.42 Å². The summed E-state index contributed by atoms with van der Waals surface area (Å²) in [5, 5.41) is 4.10. The van der Waals surface area contributed by atoms with Crippen molar-refractivity contribution >= 4 is 29.0 Å². The van der Waals surface area contributed by atoms with Crippen LogP contribution in [0.2, 0.25) is 10.0 Å². The van der Waals surface area contributed by atoms with Crippen LogP contribution in [-0.2, 0) is 4.74 Å². The van der Waals surface area contributed by atoms with Crippen molar-refractivity contribution in [1.29, 1.82) is 0 Å². The maximum Gasteiger partial charge on any atom is 0.144 e. The first-order valence-corrected chi connectivity index (χ1v) is 5.73. The molecule has 0 amide bonds. The second kappa shape index (κ2) is 7.49. The minimum atomic E-state index is 0.513. The molecule has 0 aliphatic rings. The van der Waals surface area contributed by atoms with Crippen molar-refractivity contribution in [3.63, 3.8) is 0 Å². The third-order valence-electron chi connectivity index (χ3n) is 1.81. The number of ether oxygens (including phenoxy) is 1. The van der Waals surface area contributed by atoms with Crippen LogP contribution < -0.4 is 5.32 Å². The SMILES string of the molecule is C=CCCOCCNc1ncc(Cl)cc1Cl. The molecule has 1 heterocycles. The molecule has 1 aromatic heterocycles. The van der Waals surface area contributed by atoms with Crippen LogP contribution in [0.5, 0.6) is 0 Å². The summed E-state index contributed by atoms with van der Waals surface area (Å²) >= 11 is 11.7. The fourth-order valence-electron chi connectivity index (χ4n) is 1.05. The summed E-state index contributed by atoms with van der Waals surface area (Å²) in [6.07, 6.45) is 4.24. The fourth-order valence-corrected chi connectivity index (χ4v) is 1.50. The number of aromatic nitrogens is 1. The first-order chi connectivity index (χ1) is 7.74. The van der Waals surface area contributed by atoms with E-state index in [2.05, 4.69) is 16.9 Å². The summed E-state index contributed by atoms with van der Waals surface area (Å²) in [4.78, 5) is 4.07. The fraction of sp³-hybridized carbons (Fsp3) is 0.364. The number of nitrogens with zero attached hydrogens (tertiary/aromatic N) is 1. The Bertz CT molecular complexity index is 345. The van der Waals surface area contributed by atoms with Crippen LogP contribution in [0.15, 0.2) is 24.9 Å². The molecule has 5 heteroatoms. The minimum Gasteiger partial charge on any atom is -0.379 e. The summed E-state index contributed by atoms with van der Waals surface area (Å²) < 4.78 is 5.33. The van der Waals surface area contributed by atoms with Crippen molar-refractivity contribution < 1.29 is 4.74 Å². The van der Waals surface area contributed by atoms with Crippen molar-refractivity contribution in [2.24, 2.45) is 0 Å². The number of hydrogen-bond acceptors (Lipinski definition) is 3. The Balaban J connectivity index is 2.24. The number of halogens is 2. The van der Waals surface area contributed by atoms with E-state index < -0.39 is 0 Å². The van der Waals surface area contributed by atoms with Crippen molar-refractivity contribution in [3.05, 3.63) is 35.0 Å². The van der Waals surface area contributed by atoms with Crippen LogP contribution in [0, 0.1) is 0 Å². The molecular formula is C11H14Cl2N2O. The maximum atomic E-state index is 5.93. The molecule has 1 aromatic rings. The summed E-state index contributed by atoms with van der Waals surface area (Å²) in [5.74, 6) is 0.624. The van der Waals surface area contributed by atoms with Gasteiger partial charge in [0.25, 0.3) is 0 Å². The highest BCUT2D eigenvalue weighted by atomic mass is 35.5. The lowest BCUT2D eigenvalue weighted by Gasteiger charge is -2.07. The van der Waals surface area contributed by atoms with Crippen molar-refractivity contribution in [2.45, 2.75) is 6.42 Å². The zero-order valence-electron chi connectivity index (χ0n) is 8.88. The monoisotopic (exact) mass is 260 g/mol. The predicted octanol–water partition coefficient (Wildman–Crippen LogP) is 3.39. The quantitative estimate of drug-likeness (QED) is 0.603. The van der Waals surface area contributed by atoms with Crippen LogP contribution in [0.4, 0.5) is 5.82 Å². The normalized spacial score (nSPS) is 10.1. The first-order valence-electron chi connectivity index (χ1n) is 4.97. The van der Waals surface area contributed by atoms with Crippen molar-refractivity contribution in [3.8, 4) is 0 Å². The Morgan fingerprint density at radius 3 is 2.94 bits per heavy atom. The second-order valence-electron chi connectivity index (χ2n) is 3.10. The average Bonchev–Trinajstić information content (AvgIpc) is 2.26. The molecule has 0 spiro atoms. The molecule has 88 valence electrons. The largest absolute Gasteiger partial charge is 0.379 e. The van der Waals surface area contributed by atoms with Gasteiger partial charge in [-0.1, -0.05) is 29.3 Å². The molecule has 0 aliphatic heterocycles. The summed E-state index contributed by atoms with van der Waals surface area (Å²) in [5.41, 5.74) is 0. The summed E-state index contributed by atoms with van der Waals surface area (Å²) in [7, 11) is 0. The minimum absolute atomic E-state index is 0.513. The van der Waals surface area contributed by atoms with E-state index in [9.17, 15) is 0 Å². The predicted molar refractivity (Wildman–Crippen MR) is 68.4 cm³/mol. The highest BCUT2D eigenvalue weighted by molar-refractivity contribution is 6.35. The third kappa shape index (κ3) is 4.84. The molecule has 1 N–H and O–H groups in total. The lowest BCUT2D eigenvalue weighted by Crippen LogP contribution is -2.11. The van der Waals surface area contributed by atoms with E-state index in [1.807, 2.05) is 6.08 Å². The van der Waals surface area contributed by atoms with Crippen LogP contribution in [-0.4, -0.2) is 24.7 Å². The topological polar surface area (TPSA) is 34.1 Å². The molecule has 3 nitrogen and oxygen atoms in total. The zero-order valence-corrected chi connectivity index (χ0v) is 10.4. The Morgan fingerprint density at radius 1 is 1.44 bits per heavy atom. The molecule has 0 radical (unpaired) electrons. The van der Waals surface area contributed by atoms with Crippen LogP contribution in [0.25, 0.3) is 0 Å². The molecule has 0 saturated heterocycles. The van der Waals surface area contributed by atoms with Gasteiger partial charge in [0, 0.05) is 12.7 Å². The Kier molecular flexibility index (Phi) is 6.23. The summed E-state index contributed by atoms with van der Waals surface area (Å²) in [6.45, 7) is 5.56. The van der Waals surface area contributed by atoms with Crippen molar-refractivity contribution in [2.75, 3.05) is 25.1 Å². The van der Waals surface area contributed by atoms with Gasteiger partial charge in [-0.25, -0.2) is 4.98 Å². The molecule has 0 aromatic carbocycles. The van der Waals surface area contributed by atoms with E-state index in [1.165, 1.54) is 0 Å². The van der Waals surface area contributed by atoms with E-state index in [4.69, 9.17) is 27.9 Å². The molecule has 0 aliphatic carbocycles. The molecular weight excluding hydrogens is 247 g/mol. The molecule has 0 unspecified atom stereocenters. The zero-order chi connectivity index (χ0) is 11.8. The van der Waals surface area contributed by atoms with Gasteiger partial charge in [0.15, 0.2) is 0 Å². The Hall–Kier alpha value is -0.770. The number of nitrogens with one attached hydrogen (secondary N) is 1. The standard InChI is InChI=1S/C11H14Cl2N2O/c1-2-3-5-16-6-4-14-11-10(13)7-9(12)8-15-11/h2,7-8H,1,3-6H2,(H,14,15). The average molecular weight is 261 g/mol. The Labute approximate surface area is 105 Å². The van der Waals surface area contributed by atoms with Gasteiger partial charge in [-0.05, 0) is 12.5 Å². The number of anilines is 1. The van der Waals surface area contributed by atoms with E-state index >= 15 is 0 Å². The van der Waals surface area contributed by atoms with E-state index in [0.717, 1.165) is 6.42 Å². The lowest BCUT2D eigenvalue weighted by atomic mass is 10.4. The molecule has 16 heavy (non-hydrogen) atoms. The molecule has 1 rings (SSSR count). The smallest absolute Gasteiger partial charge is 0.144 e. The van der Waals surface area contributed by atoms with Crippen LogP contribution in [0.3, 0.4) is 0 Å².